The first-order valence-corrected chi connectivity index (χ1v) is 15.9. The van der Waals surface area contributed by atoms with Gasteiger partial charge in [0.1, 0.15) is 0 Å². The van der Waals surface area contributed by atoms with E-state index in [4.69, 9.17) is 9.47 Å². The topological polar surface area (TPSA) is 35.5 Å². The van der Waals surface area contributed by atoms with E-state index in [1.807, 2.05) is 0 Å². The molecule has 3 nitrogen and oxygen atoms in total. The van der Waals surface area contributed by atoms with Crippen LogP contribution >= 0.6 is 0 Å². The molecule has 1 spiro atoms. The van der Waals surface area contributed by atoms with Gasteiger partial charge in [0, 0.05) is 12.8 Å². The zero-order valence-corrected chi connectivity index (χ0v) is 17.5. The van der Waals surface area contributed by atoms with E-state index in [1.165, 1.54) is 21.5 Å². The number of hydrogen-bond acceptors (Lipinski definition) is 3. The van der Waals surface area contributed by atoms with E-state index in [9.17, 15) is 4.79 Å². The SMILES string of the molecule is C[Si](C)(C)C1=C2CCC3(CCC2=C([Si](C)(C)C)C1=O)OCCO3. The van der Waals surface area contributed by atoms with Crippen LogP contribution in [-0.4, -0.2) is 40.9 Å². The Morgan fingerprint density at radius 1 is 0.783 bits per heavy atom. The summed E-state index contributed by atoms with van der Waals surface area (Å²) in [5, 5.41) is 2.39. The fourth-order valence-electron chi connectivity index (χ4n) is 4.38. The molecule has 1 heterocycles. The van der Waals surface area contributed by atoms with Gasteiger partial charge in [-0.05, 0) is 34.4 Å². The van der Waals surface area contributed by atoms with Crippen LogP contribution in [0, 0.1) is 0 Å². The number of ketones is 1. The van der Waals surface area contributed by atoms with Crippen LogP contribution in [0.5, 0.6) is 0 Å². The Bertz CT molecular complexity index is 551. The third-order valence-corrected chi connectivity index (χ3v) is 9.30. The Hall–Kier alpha value is -0.496. The van der Waals surface area contributed by atoms with Gasteiger partial charge in [0.15, 0.2) is 11.6 Å². The van der Waals surface area contributed by atoms with Crippen molar-refractivity contribution in [3.8, 4) is 0 Å². The molecule has 0 aromatic heterocycles. The summed E-state index contributed by atoms with van der Waals surface area (Å²) in [5.74, 6) is 0.0141. The van der Waals surface area contributed by atoms with E-state index >= 15 is 0 Å². The minimum atomic E-state index is -1.66. The summed E-state index contributed by atoms with van der Waals surface area (Å²) in [5.41, 5.74) is 2.75. The van der Waals surface area contributed by atoms with Crippen molar-refractivity contribution >= 4 is 21.9 Å². The average Bonchev–Trinajstić information content (AvgIpc) is 2.90. The molecule has 0 aromatic carbocycles. The second-order valence-corrected chi connectivity index (χ2v) is 19.1. The predicted octanol–water partition coefficient (Wildman–Crippen LogP) is 4.23. The second-order valence-electron chi connectivity index (χ2n) is 9.14. The largest absolute Gasteiger partial charge is 0.348 e. The Balaban J connectivity index is 2.08. The maximum absolute atomic E-state index is 13.3. The van der Waals surface area contributed by atoms with Crippen LogP contribution in [0.4, 0.5) is 0 Å². The van der Waals surface area contributed by atoms with Gasteiger partial charge in [0.25, 0.3) is 0 Å². The summed E-state index contributed by atoms with van der Waals surface area (Å²) < 4.78 is 11.9. The number of hydrogen-bond donors (Lipinski definition) is 0. The Morgan fingerprint density at radius 2 is 1.17 bits per heavy atom. The molecule has 5 heteroatoms. The van der Waals surface area contributed by atoms with E-state index in [0.717, 1.165) is 25.7 Å². The molecule has 0 unspecified atom stereocenters. The lowest BCUT2D eigenvalue weighted by atomic mass is 10.1. The molecule has 0 aromatic rings. The third kappa shape index (κ3) is 2.97. The van der Waals surface area contributed by atoms with Crippen molar-refractivity contribution in [2.45, 2.75) is 70.8 Å². The summed E-state index contributed by atoms with van der Waals surface area (Å²) in [7, 11) is -3.32. The predicted molar refractivity (Wildman–Crippen MR) is 98.9 cm³/mol. The van der Waals surface area contributed by atoms with Crippen molar-refractivity contribution in [1.82, 2.24) is 0 Å². The molecule has 0 radical (unpaired) electrons. The molecule has 1 saturated carbocycles. The van der Waals surface area contributed by atoms with Crippen molar-refractivity contribution in [1.29, 1.82) is 0 Å². The molecule has 0 bridgehead atoms. The number of ether oxygens (including phenoxy) is 2. The van der Waals surface area contributed by atoms with Gasteiger partial charge in [-0.25, -0.2) is 0 Å². The summed E-state index contributed by atoms with van der Waals surface area (Å²) in [6.07, 6.45) is 3.67. The van der Waals surface area contributed by atoms with Crippen molar-refractivity contribution in [2.24, 2.45) is 0 Å². The maximum atomic E-state index is 13.3. The zero-order chi connectivity index (χ0) is 17.0. The molecule has 1 saturated heterocycles. The minimum absolute atomic E-state index is 0.386. The molecule has 0 amide bonds. The number of allylic oxidation sites excluding steroid dienone is 4. The molecular weight excluding hydrogens is 320 g/mol. The number of carbonyl (C=O) groups excluding carboxylic acids is 1. The van der Waals surface area contributed by atoms with E-state index < -0.39 is 16.1 Å². The van der Waals surface area contributed by atoms with Crippen LogP contribution in [0.1, 0.15) is 25.7 Å². The van der Waals surface area contributed by atoms with Crippen LogP contribution in [0.3, 0.4) is 0 Å². The molecule has 23 heavy (non-hydrogen) atoms. The standard InChI is InChI=1S/C18H30O3Si2/c1-22(2,3)16-13-7-9-18(20-11-12-21-18)10-8-14(13)17(15(16)19)23(4,5)6/h7-12H2,1-6H3. The summed E-state index contributed by atoms with van der Waals surface area (Å²) in [4.78, 5) is 13.3. The maximum Gasteiger partial charge on any atom is 0.177 e. The molecular formula is C18H30O3Si2. The molecule has 0 atom stereocenters. The van der Waals surface area contributed by atoms with Gasteiger partial charge >= 0.3 is 0 Å². The van der Waals surface area contributed by atoms with Crippen LogP contribution < -0.4 is 0 Å². The number of fused-ring (bicyclic) bond motifs is 1. The summed E-state index contributed by atoms with van der Waals surface area (Å²) in [6, 6.07) is 0. The first-order valence-electron chi connectivity index (χ1n) is 8.85. The number of Topliss-reactive ketones (excluding diaryl/α,β-unsaturated/α-hetero) is 1. The minimum Gasteiger partial charge on any atom is -0.348 e. The highest BCUT2D eigenvalue weighted by Gasteiger charge is 2.47. The highest BCUT2D eigenvalue weighted by molar-refractivity contribution is 6.94. The van der Waals surface area contributed by atoms with E-state index in [0.29, 0.717) is 19.0 Å². The van der Waals surface area contributed by atoms with Crippen LogP contribution in [0.2, 0.25) is 39.3 Å². The Labute approximate surface area is 142 Å². The van der Waals surface area contributed by atoms with Crippen molar-refractivity contribution < 1.29 is 14.3 Å². The average molecular weight is 351 g/mol. The molecule has 1 aliphatic heterocycles. The lowest BCUT2D eigenvalue weighted by Gasteiger charge is -2.26. The van der Waals surface area contributed by atoms with Gasteiger partial charge in [-0.1, -0.05) is 39.3 Å². The quantitative estimate of drug-likeness (QED) is 0.699. The van der Waals surface area contributed by atoms with Gasteiger partial charge in [0.2, 0.25) is 0 Å². The van der Waals surface area contributed by atoms with E-state index in [2.05, 4.69) is 39.3 Å². The second kappa shape index (κ2) is 5.51. The lowest BCUT2D eigenvalue weighted by Crippen LogP contribution is -2.35. The third-order valence-electron chi connectivity index (χ3n) is 5.25. The fraction of sp³-hybridized carbons (Fsp3) is 0.722. The normalized spacial score (nSPS) is 25.4. The molecule has 3 rings (SSSR count). The zero-order valence-electron chi connectivity index (χ0n) is 15.5. The van der Waals surface area contributed by atoms with Crippen molar-refractivity contribution in [3.05, 3.63) is 21.5 Å². The van der Waals surface area contributed by atoms with Crippen molar-refractivity contribution in [2.75, 3.05) is 13.2 Å². The van der Waals surface area contributed by atoms with Gasteiger partial charge in [-0.3, -0.25) is 4.79 Å². The monoisotopic (exact) mass is 350 g/mol. The van der Waals surface area contributed by atoms with Gasteiger partial charge in [-0.15, -0.1) is 0 Å². The Morgan fingerprint density at radius 3 is 1.52 bits per heavy atom. The van der Waals surface area contributed by atoms with E-state index in [-0.39, 0.29) is 5.79 Å². The first kappa shape index (κ1) is 17.3. The van der Waals surface area contributed by atoms with Crippen molar-refractivity contribution in [3.63, 3.8) is 0 Å². The highest BCUT2D eigenvalue weighted by Crippen LogP contribution is 2.47. The molecule has 3 aliphatic rings. The van der Waals surface area contributed by atoms with E-state index in [1.54, 1.807) is 0 Å². The lowest BCUT2D eigenvalue weighted by molar-refractivity contribution is -0.164. The Kier molecular flexibility index (Phi) is 4.15. The first-order chi connectivity index (χ1) is 10.6. The molecule has 2 aliphatic carbocycles. The molecule has 0 N–H and O–H groups in total. The van der Waals surface area contributed by atoms with Gasteiger partial charge in [0.05, 0.1) is 29.4 Å². The van der Waals surface area contributed by atoms with Crippen LogP contribution in [0.25, 0.3) is 0 Å². The van der Waals surface area contributed by atoms with Gasteiger partial charge in [-0.2, -0.15) is 0 Å². The molecule has 128 valence electrons. The highest BCUT2D eigenvalue weighted by atomic mass is 28.3. The smallest absolute Gasteiger partial charge is 0.177 e. The number of carbonyl (C=O) groups is 1. The summed E-state index contributed by atoms with van der Waals surface area (Å²) in [6.45, 7) is 15.3. The van der Waals surface area contributed by atoms with Gasteiger partial charge < -0.3 is 9.47 Å². The van der Waals surface area contributed by atoms with Crippen LogP contribution in [0.15, 0.2) is 21.5 Å². The summed E-state index contributed by atoms with van der Waals surface area (Å²) >= 11 is 0. The number of rotatable bonds is 2. The van der Waals surface area contributed by atoms with Crippen LogP contribution in [-0.2, 0) is 14.3 Å². The fourth-order valence-corrected chi connectivity index (χ4v) is 8.48. The molecule has 2 fully saturated rings.